The van der Waals surface area contributed by atoms with Crippen LogP contribution in [0, 0.1) is 5.41 Å². The zero-order valence-corrected chi connectivity index (χ0v) is 9.88. The molecule has 15 heavy (non-hydrogen) atoms. The number of carbonyl (C=O) groups is 1. The van der Waals surface area contributed by atoms with E-state index in [0.29, 0.717) is 13.1 Å². The normalized spacial score (nSPS) is 22.5. The van der Waals surface area contributed by atoms with Gasteiger partial charge in [0, 0.05) is 13.1 Å². The minimum Gasteiger partial charge on any atom is -0.480 e. The predicted octanol–water partition coefficient (Wildman–Crippen LogP) is 0.523. The van der Waals surface area contributed by atoms with Gasteiger partial charge in [-0.15, -0.1) is 0 Å². The van der Waals surface area contributed by atoms with E-state index in [0.717, 1.165) is 12.8 Å². The van der Waals surface area contributed by atoms with Crippen LogP contribution in [0.2, 0.25) is 0 Å². The fourth-order valence-corrected chi connectivity index (χ4v) is 3.30. The Bertz CT molecular complexity index is 347. The molecule has 0 radical (unpaired) electrons. The molecule has 1 N–H and O–H groups in total. The lowest BCUT2D eigenvalue weighted by molar-refractivity contribution is -0.134. The molecule has 1 aliphatic heterocycles. The number of rotatable bonds is 3. The van der Waals surface area contributed by atoms with Gasteiger partial charge in [0.05, 0.1) is 0 Å². The third kappa shape index (κ3) is 3.46. The predicted molar refractivity (Wildman–Crippen MR) is 56.0 cm³/mol. The van der Waals surface area contributed by atoms with Gasteiger partial charge in [-0.05, 0) is 18.3 Å². The van der Waals surface area contributed by atoms with Crippen molar-refractivity contribution in [2.45, 2.75) is 26.7 Å². The lowest BCUT2D eigenvalue weighted by Gasteiger charge is -2.36. The third-order valence-corrected chi connectivity index (χ3v) is 4.27. The molecule has 0 aliphatic carbocycles. The quantitative estimate of drug-likeness (QED) is 0.774. The van der Waals surface area contributed by atoms with Crippen molar-refractivity contribution in [2.75, 3.05) is 18.8 Å². The number of sulfonamides is 1. The van der Waals surface area contributed by atoms with Crippen molar-refractivity contribution in [3.05, 3.63) is 0 Å². The average molecular weight is 235 g/mol. The fourth-order valence-electron chi connectivity index (χ4n) is 1.85. The molecule has 1 heterocycles. The lowest BCUT2D eigenvalue weighted by Crippen LogP contribution is -2.45. The summed E-state index contributed by atoms with van der Waals surface area (Å²) in [5.74, 6) is -2.10. The summed E-state index contributed by atoms with van der Waals surface area (Å²) in [5, 5.41) is 8.50. The Morgan fingerprint density at radius 1 is 1.47 bits per heavy atom. The molecule has 0 unspecified atom stereocenters. The van der Waals surface area contributed by atoms with E-state index in [1.807, 2.05) is 13.8 Å². The number of piperidine rings is 1. The minimum absolute atomic E-state index is 0.0518. The maximum absolute atomic E-state index is 11.6. The van der Waals surface area contributed by atoms with E-state index >= 15 is 0 Å². The van der Waals surface area contributed by atoms with Crippen molar-refractivity contribution in [2.24, 2.45) is 5.41 Å². The van der Waals surface area contributed by atoms with E-state index in [2.05, 4.69) is 0 Å². The van der Waals surface area contributed by atoms with Crippen molar-refractivity contribution >= 4 is 16.0 Å². The summed E-state index contributed by atoms with van der Waals surface area (Å²) in [6, 6.07) is 0. The number of hydrogen-bond donors (Lipinski definition) is 1. The van der Waals surface area contributed by atoms with Crippen LogP contribution in [0.3, 0.4) is 0 Å². The van der Waals surface area contributed by atoms with Crippen molar-refractivity contribution in [3.63, 3.8) is 0 Å². The van der Waals surface area contributed by atoms with Crippen molar-refractivity contribution in [1.82, 2.24) is 4.31 Å². The molecule has 0 amide bonds. The van der Waals surface area contributed by atoms with Gasteiger partial charge in [0.15, 0.2) is 5.75 Å². The molecule has 88 valence electrons. The van der Waals surface area contributed by atoms with Crippen LogP contribution in [-0.4, -0.2) is 42.6 Å². The zero-order chi connectivity index (χ0) is 11.7. The van der Waals surface area contributed by atoms with Crippen LogP contribution in [-0.2, 0) is 14.8 Å². The third-order valence-electron chi connectivity index (χ3n) is 2.56. The summed E-state index contributed by atoms with van der Waals surface area (Å²) >= 11 is 0. The van der Waals surface area contributed by atoms with Gasteiger partial charge in [-0.25, -0.2) is 12.7 Å². The molecular formula is C9H17NO4S. The molecule has 0 bridgehead atoms. The van der Waals surface area contributed by atoms with Crippen LogP contribution in [0.25, 0.3) is 0 Å². The molecule has 1 aliphatic rings. The number of carboxylic acids is 1. The highest BCUT2D eigenvalue weighted by Crippen LogP contribution is 2.29. The van der Waals surface area contributed by atoms with E-state index in [1.165, 1.54) is 4.31 Å². The highest BCUT2D eigenvalue weighted by atomic mass is 32.2. The first-order chi connectivity index (χ1) is 6.73. The van der Waals surface area contributed by atoms with E-state index in [-0.39, 0.29) is 5.41 Å². The standard InChI is InChI=1S/C9H17NO4S/c1-9(2)4-3-5-10(7-9)15(13,14)6-8(11)12/h3-7H2,1-2H3,(H,11,12). The monoisotopic (exact) mass is 235 g/mol. The van der Waals surface area contributed by atoms with Gasteiger partial charge in [0.25, 0.3) is 0 Å². The van der Waals surface area contributed by atoms with Crippen molar-refractivity contribution in [3.8, 4) is 0 Å². The zero-order valence-electron chi connectivity index (χ0n) is 9.06. The summed E-state index contributed by atoms with van der Waals surface area (Å²) in [6.45, 7) is 4.85. The Morgan fingerprint density at radius 2 is 2.07 bits per heavy atom. The highest BCUT2D eigenvalue weighted by molar-refractivity contribution is 7.89. The van der Waals surface area contributed by atoms with Crippen LogP contribution >= 0.6 is 0 Å². The summed E-state index contributed by atoms with van der Waals surface area (Å²) in [7, 11) is -3.62. The van der Waals surface area contributed by atoms with Crippen LogP contribution in [0.1, 0.15) is 26.7 Å². The average Bonchev–Trinajstić information content (AvgIpc) is 1.99. The van der Waals surface area contributed by atoms with Crippen LogP contribution in [0.15, 0.2) is 0 Å². The molecule has 0 aromatic rings. The fraction of sp³-hybridized carbons (Fsp3) is 0.889. The van der Waals surface area contributed by atoms with Gasteiger partial charge in [-0.1, -0.05) is 13.8 Å². The molecule has 0 saturated carbocycles. The Balaban J connectivity index is 2.75. The van der Waals surface area contributed by atoms with Crippen LogP contribution in [0.4, 0.5) is 0 Å². The minimum atomic E-state index is -3.62. The van der Waals surface area contributed by atoms with Gasteiger partial charge in [0.1, 0.15) is 0 Å². The van der Waals surface area contributed by atoms with E-state index in [4.69, 9.17) is 5.11 Å². The highest BCUT2D eigenvalue weighted by Gasteiger charge is 2.34. The first kappa shape index (κ1) is 12.4. The number of carboxylic acid groups (broad SMARTS) is 1. The SMILES string of the molecule is CC1(C)CCCN(S(=O)(=O)CC(=O)O)C1. The second kappa shape index (κ2) is 4.09. The first-order valence-corrected chi connectivity index (χ1v) is 6.53. The van der Waals surface area contributed by atoms with Crippen LogP contribution < -0.4 is 0 Å². The molecule has 0 spiro atoms. The number of aliphatic carboxylic acids is 1. The summed E-state index contributed by atoms with van der Waals surface area (Å²) in [5.41, 5.74) is -0.0518. The van der Waals surface area contributed by atoms with E-state index in [1.54, 1.807) is 0 Å². The topological polar surface area (TPSA) is 74.7 Å². The largest absolute Gasteiger partial charge is 0.480 e. The molecule has 1 rings (SSSR count). The molecule has 0 aromatic carbocycles. The molecular weight excluding hydrogens is 218 g/mol. The van der Waals surface area contributed by atoms with Crippen molar-refractivity contribution < 1.29 is 18.3 Å². The smallest absolute Gasteiger partial charge is 0.320 e. The van der Waals surface area contributed by atoms with Gasteiger partial charge in [-0.3, -0.25) is 4.79 Å². The molecule has 1 saturated heterocycles. The van der Waals surface area contributed by atoms with Gasteiger partial charge in [-0.2, -0.15) is 0 Å². The molecule has 0 atom stereocenters. The lowest BCUT2D eigenvalue weighted by atomic mass is 9.85. The summed E-state index contributed by atoms with van der Waals surface area (Å²) in [4.78, 5) is 10.4. The molecule has 6 heteroatoms. The Hall–Kier alpha value is -0.620. The maximum atomic E-state index is 11.6. The van der Waals surface area contributed by atoms with Gasteiger partial charge < -0.3 is 5.11 Å². The first-order valence-electron chi connectivity index (χ1n) is 4.93. The van der Waals surface area contributed by atoms with Gasteiger partial charge >= 0.3 is 5.97 Å². The Morgan fingerprint density at radius 3 is 2.53 bits per heavy atom. The molecule has 5 nitrogen and oxygen atoms in total. The van der Waals surface area contributed by atoms with Gasteiger partial charge in [0.2, 0.25) is 10.0 Å². The van der Waals surface area contributed by atoms with Crippen LogP contribution in [0.5, 0.6) is 0 Å². The molecule has 0 aromatic heterocycles. The van der Waals surface area contributed by atoms with E-state index < -0.39 is 21.7 Å². The summed E-state index contributed by atoms with van der Waals surface area (Å²) in [6.07, 6.45) is 1.78. The second-order valence-corrected chi connectivity index (χ2v) is 6.72. The second-order valence-electron chi connectivity index (χ2n) is 4.75. The number of hydrogen-bond acceptors (Lipinski definition) is 3. The Labute approximate surface area is 90.1 Å². The molecule has 1 fully saturated rings. The Kier molecular flexibility index (Phi) is 3.40. The summed E-state index contributed by atoms with van der Waals surface area (Å²) < 4.78 is 24.6. The van der Waals surface area contributed by atoms with E-state index in [9.17, 15) is 13.2 Å². The maximum Gasteiger partial charge on any atom is 0.320 e. The van der Waals surface area contributed by atoms with Crippen molar-refractivity contribution in [1.29, 1.82) is 0 Å². The number of nitrogens with zero attached hydrogens (tertiary/aromatic N) is 1.